The fourth-order valence-corrected chi connectivity index (χ4v) is 2.77. The van der Waals surface area contributed by atoms with Crippen molar-refractivity contribution in [2.75, 3.05) is 13.2 Å². The number of carbonyl (C=O) groups excluding carboxylic acids is 2. The van der Waals surface area contributed by atoms with Gasteiger partial charge in [-0.1, -0.05) is 26.7 Å². The van der Waals surface area contributed by atoms with Crippen molar-refractivity contribution in [2.24, 2.45) is 9.98 Å². The summed E-state index contributed by atoms with van der Waals surface area (Å²) in [7, 11) is 0. The summed E-state index contributed by atoms with van der Waals surface area (Å²) in [6, 6.07) is -0.520. The fraction of sp³-hybridized carbons (Fsp3) is 0.600. The molecule has 156 valence electrons. The summed E-state index contributed by atoms with van der Waals surface area (Å²) in [5.74, 6) is -2.26. The predicted molar refractivity (Wildman–Crippen MR) is 102 cm³/mol. The van der Waals surface area contributed by atoms with Crippen LogP contribution in [0.4, 0.5) is 0 Å². The fourth-order valence-electron chi connectivity index (χ4n) is 2.77. The molecule has 0 heterocycles. The van der Waals surface area contributed by atoms with E-state index in [4.69, 9.17) is 9.47 Å². The van der Waals surface area contributed by atoms with Gasteiger partial charge in [0.25, 0.3) is 0 Å². The quantitative estimate of drug-likeness (QED) is 0.261. The lowest BCUT2D eigenvalue weighted by Gasteiger charge is -2.26. The van der Waals surface area contributed by atoms with Crippen LogP contribution in [0.3, 0.4) is 0 Å². The van der Waals surface area contributed by atoms with E-state index in [1.807, 2.05) is 0 Å². The molecule has 1 fully saturated rings. The number of nitrogens with zero attached hydrogens (tertiary/aromatic N) is 2. The van der Waals surface area contributed by atoms with Crippen molar-refractivity contribution in [1.82, 2.24) is 0 Å². The van der Waals surface area contributed by atoms with Crippen LogP contribution in [-0.2, 0) is 19.1 Å². The first-order valence-electron chi connectivity index (χ1n) is 9.48. The van der Waals surface area contributed by atoms with Crippen LogP contribution in [0, 0.1) is 0 Å². The highest BCUT2D eigenvalue weighted by molar-refractivity contribution is 6.10. The van der Waals surface area contributed by atoms with E-state index in [1.165, 1.54) is 26.3 Å². The van der Waals surface area contributed by atoms with Crippen molar-refractivity contribution < 1.29 is 29.3 Å². The standard InChI is InChI=1S/C20H30N2O6/c1-5-27-19(25)15(13(3)23)11-21-17-9-7-8-10-18(17)22-12-16(14(4)24)20(26)28-6-2/h11-12,17-18,23-24H,5-10H2,1-4H3/p-2/b15-13+,16-14+,21-11?,22-12?/t17-,18-/m1/s1. The first-order chi connectivity index (χ1) is 13.3. The Morgan fingerprint density at radius 2 is 1.21 bits per heavy atom. The second kappa shape index (κ2) is 11.9. The summed E-state index contributed by atoms with van der Waals surface area (Å²) in [6.07, 6.45) is 5.82. The SMILES string of the molecule is CCOC(=O)/C(C=N[C@@H]1CCCC[C@H]1N=C/C(C(=O)OCC)=C(/C)[O-])=C(\C)[O-]. The summed E-state index contributed by atoms with van der Waals surface area (Å²) < 4.78 is 9.75. The molecule has 1 aliphatic rings. The van der Waals surface area contributed by atoms with Gasteiger partial charge < -0.3 is 19.7 Å². The van der Waals surface area contributed by atoms with E-state index in [-0.39, 0.29) is 36.4 Å². The van der Waals surface area contributed by atoms with Gasteiger partial charge in [-0.3, -0.25) is 9.98 Å². The minimum absolute atomic E-state index is 0.113. The number of esters is 2. The zero-order valence-corrected chi connectivity index (χ0v) is 16.9. The molecule has 0 aromatic carbocycles. The molecule has 1 saturated carbocycles. The second-order valence-corrected chi connectivity index (χ2v) is 6.36. The predicted octanol–water partition coefficient (Wildman–Crippen LogP) is 0.834. The third kappa shape index (κ3) is 7.17. The van der Waals surface area contributed by atoms with Gasteiger partial charge >= 0.3 is 11.9 Å². The van der Waals surface area contributed by atoms with Crippen LogP contribution >= 0.6 is 0 Å². The molecule has 28 heavy (non-hydrogen) atoms. The molecule has 8 heteroatoms. The summed E-state index contributed by atoms with van der Waals surface area (Å²) in [5, 5.41) is 23.4. The molecule has 1 rings (SSSR count). The number of aliphatic imine (C=N–C) groups is 2. The first kappa shape index (κ1) is 23.4. The minimum atomic E-state index is -0.705. The summed E-state index contributed by atoms with van der Waals surface area (Å²) in [5.41, 5.74) is -0.227. The van der Waals surface area contributed by atoms with Crippen molar-refractivity contribution in [1.29, 1.82) is 0 Å². The molecule has 0 spiro atoms. The van der Waals surface area contributed by atoms with E-state index in [2.05, 4.69) is 9.98 Å². The van der Waals surface area contributed by atoms with Crippen molar-refractivity contribution in [3.05, 3.63) is 22.7 Å². The minimum Gasteiger partial charge on any atom is -0.875 e. The number of rotatable bonds is 8. The number of hydrogen-bond acceptors (Lipinski definition) is 8. The molecule has 0 unspecified atom stereocenters. The molecule has 8 nitrogen and oxygen atoms in total. The molecule has 2 atom stereocenters. The number of ether oxygens (including phenoxy) is 2. The molecule has 1 aliphatic carbocycles. The van der Waals surface area contributed by atoms with Crippen molar-refractivity contribution >= 4 is 24.4 Å². The lowest BCUT2D eigenvalue weighted by molar-refractivity contribution is -0.303. The molecular weight excluding hydrogens is 364 g/mol. The maximum Gasteiger partial charge on any atom is 0.338 e. The summed E-state index contributed by atoms with van der Waals surface area (Å²) >= 11 is 0. The van der Waals surface area contributed by atoms with Gasteiger partial charge in [-0.2, -0.15) is 0 Å². The van der Waals surface area contributed by atoms with E-state index in [1.54, 1.807) is 13.8 Å². The Kier molecular flexibility index (Phi) is 9.98. The van der Waals surface area contributed by atoms with Gasteiger partial charge in [0.05, 0.1) is 36.4 Å². The average Bonchev–Trinajstić information content (AvgIpc) is 2.63. The highest BCUT2D eigenvalue weighted by Crippen LogP contribution is 2.24. The zero-order valence-electron chi connectivity index (χ0n) is 16.9. The largest absolute Gasteiger partial charge is 0.875 e. The lowest BCUT2D eigenvalue weighted by atomic mass is 9.91. The molecular formula is C20H28N2O6-2. The molecule has 0 amide bonds. The maximum atomic E-state index is 11.9. The number of carbonyl (C=O) groups is 2. The highest BCUT2D eigenvalue weighted by atomic mass is 16.5. The Bertz CT molecular complexity index is 612. The van der Waals surface area contributed by atoms with Gasteiger partial charge in [0.1, 0.15) is 0 Å². The first-order valence-corrected chi connectivity index (χ1v) is 9.48. The normalized spacial score (nSPS) is 22.0. The Morgan fingerprint density at radius 3 is 1.50 bits per heavy atom. The van der Waals surface area contributed by atoms with Crippen LogP contribution < -0.4 is 10.2 Å². The van der Waals surface area contributed by atoms with Gasteiger partial charge in [0.2, 0.25) is 0 Å². The van der Waals surface area contributed by atoms with Crippen molar-refractivity contribution in [3.8, 4) is 0 Å². The van der Waals surface area contributed by atoms with Gasteiger partial charge in [0.15, 0.2) is 0 Å². The van der Waals surface area contributed by atoms with Crippen LogP contribution in [0.5, 0.6) is 0 Å². The van der Waals surface area contributed by atoms with E-state index in [9.17, 15) is 19.8 Å². The molecule has 0 N–H and O–H groups in total. The summed E-state index contributed by atoms with van der Waals surface area (Å²) in [4.78, 5) is 32.5. The van der Waals surface area contributed by atoms with E-state index in [0.717, 1.165) is 25.7 Å². The maximum absolute atomic E-state index is 11.9. The third-order valence-electron chi connectivity index (χ3n) is 4.23. The van der Waals surface area contributed by atoms with Crippen LogP contribution in [0.25, 0.3) is 0 Å². The van der Waals surface area contributed by atoms with Gasteiger partial charge in [0, 0.05) is 12.4 Å². The third-order valence-corrected chi connectivity index (χ3v) is 4.23. The topological polar surface area (TPSA) is 123 Å². The lowest BCUT2D eigenvalue weighted by Crippen LogP contribution is -2.28. The molecule has 0 radical (unpaired) electrons. The van der Waals surface area contributed by atoms with Crippen LogP contribution in [0.1, 0.15) is 53.4 Å². The molecule has 0 aliphatic heterocycles. The molecule has 0 aromatic heterocycles. The van der Waals surface area contributed by atoms with Crippen LogP contribution in [0.15, 0.2) is 32.6 Å². The van der Waals surface area contributed by atoms with E-state index in [0.29, 0.717) is 0 Å². The van der Waals surface area contributed by atoms with Crippen LogP contribution in [-0.4, -0.2) is 49.7 Å². The van der Waals surface area contributed by atoms with E-state index >= 15 is 0 Å². The van der Waals surface area contributed by atoms with Gasteiger partial charge in [-0.05, 0) is 26.7 Å². The molecule has 0 aromatic rings. The van der Waals surface area contributed by atoms with Gasteiger partial charge in [-0.15, -0.1) is 11.5 Å². The zero-order chi connectivity index (χ0) is 21.1. The summed E-state index contributed by atoms with van der Waals surface area (Å²) in [6.45, 7) is 6.20. The Labute approximate surface area is 165 Å². The number of allylic oxidation sites excluding steroid dienone is 2. The Hall–Kier alpha value is -2.64. The Balaban J connectivity index is 3.00. The van der Waals surface area contributed by atoms with Crippen LogP contribution in [0.2, 0.25) is 0 Å². The smallest absolute Gasteiger partial charge is 0.338 e. The van der Waals surface area contributed by atoms with Gasteiger partial charge in [-0.25, -0.2) is 9.59 Å². The van der Waals surface area contributed by atoms with E-state index < -0.39 is 23.5 Å². The molecule has 0 bridgehead atoms. The highest BCUT2D eigenvalue weighted by Gasteiger charge is 2.24. The second-order valence-electron chi connectivity index (χ2n) is 6.36. The number of hydrogen-bond donors (Lipinski definition) is 0. The monoisotopic (exact) mass is 392 g/mol. The Morgan fingerprint density at radius 1 is 0.857 bits per heavy atom. The van der Waals surface area contributed by atoms with Crippen molar-refractivity contribution in [3.63, 3.8) is 0 Å². The molecule has 0 saturated heterocycles. The van der Waals surface area contributed by atoms with Crippen molar-refractivity contribution in [2.45, 2.75) is 65.5 Å². The average molecular weight is 392 g/mol.